The summed E-state index contributed by atoms with van der Waals surface area (Å²) in [4.78, 5) is 0.129. The molecule has 0 unspecified atom stereocenters. The Labute approximate surface area is 81.9 Å². The molecule has 0 aliphatic heterocycles. The summed E-state index contributed by atoms with van der Waals surface area (Å²) in [6, 6.07) is 9.10. The number of benzene rings is 1. The summed E-state index contributed by atoms with van der Waals surface area (Å²) in [5.41, 5.74) is 0.705. The average Bonchev–Trinajstić information content (AvgIpc) is 2.18. The number of nitriles is 1. The highest BCUT2D eigenvalue weighted by Gasteiger charge is 2.01. The van der Waals surface area contributed by atoms with Crippen LogP contribution in [0.5, 0.6) is 5.75 Å². The number of anilines is 1. The summed E-state index contributed by atoms with van der Waals surface area (Å²) < 4.78 is 5.06. The topological polar surface area (TPSA) is 45.0 Å². The molecule has 0 aliphatic rings. The summed E-state index contributed by atoms with van der Waals surface area (Å²) in [6.07, 6.45) is 0. The number of methoxy groups -OCH3 is 1. The zero-order valence-electron chi connectivity index (χ0n) is 7.07. The molecule has 0 saturated carbocycles. The van der Waals surface area contributed by atoms with Crippen LogP contribution in [-0.4, -0.2) is 12.1 Å². The Bertz CT molecular complexity index is 357. The maximum atomic E-state index is 8.47. The predicted molar refractivity (Wildman–Crippen MR) is 54.8 cm³/mol. The summed E-state index contributed by atoms with van der Waals surface area (Å²) in [5, 5.41) is 11.2. The Morgan fingerprint density at radius 2 is 2.23 bits per heavy atom. The Morgan fingerprint density at radius 3 is 2.85 bits per heavy atom. The molecule has 66 valence electrons. The van der Waals surface area contributed by atoms with E-state index in [0.717, 1.165) is 0 Å². The molecule has 4 heteroatoms. The van der Waals surface area contributed by atoms with E-state index in [4.69, 9.17) is 22.2 Å². The van der Waals surface area contributed by atoms with Crippen LogP contribution < -0.4 is 10.1 Å². The summed E-state index contributed by atoms with van der Waals surface area (Å²) >= 11 is 4.72. The first kappa shape index (κ1) is 9.49. The smallest absolute Gasteiger partial charge is 0.182 e. The van der Waals surface area contributed by atoms with Crippen LogP contribution in [0.3, 0.4) is 0 Å². The van der Waals surface area contributed by atoms with E-state index < -0.39 is 0 Å². The molecule has 0 saturated heterocycles. The second-order valence-corrected chi connectivity index (χ2v) is 2.67. The maximum absolute atomic E-state index is 8.47. The zero-order valence-corrected chi connectivity index (χ0v) is 7.89. The van der Waals surface area contributed by atoms with E-state index in [1.807, 2.05) is 18.2 Å². The second kappa shape index (κ2) is 4.43. The molecule has 0 radical (unpaired) electrons. The van der Waals surface area contributed by atoms with Crippen LogP contribution in [0.2, 0.25) is 0 Å². The molecule has 1 aromatic rings. The molecule has 1 N–H and O–H groups in total. The van der Waals surface area contributed by atoms with Gasteiger partial charge in [0, 0.05) is 0 Å². The highest BCUT2D eigenvalue weighted by molar-refractivity contribution is 7.81. The third kappa shape index (κ3) is 2.42. The average molecular weight is 192 g/mol. The van der Waals surface area contributed by atoms with Gasteiger partial charge in [-0.1, -0.05) is 12.1 Å². The Balaban J connectivity index is 2.88. The van der Waals surface area contributed by atoms with Crippen LogP contribution in [0, 0.1) is 11.3 Å². The second-order valence-electron chi connectivity index (χ2n) is 2.27. The van der Waals surface area contributed by atoms with Gasteiger partial charge < -0.3 is 10.1 Å². The summed E-state index contributed by atoms with van der Waals surface area (Å²) in [6.45, 7) is 0. The van der Waals surface area contributed by atoms with Crippen LogP contribution in [-0.2, 0) is 0 Å². The quantitative estimate of drug-likeness (QED) is 0.727. The lowest BCUT2D eigenvalue weighted by atomic mass is 10.3. The van der Waals surface area contributed by atoms with Crippen molar-refractivity contribution in [1.29, 1.82) is 5.26 Å². The monoisotopic (exact) mass is 192 g/mol. The maximum Gasteiger partial charge on any atom is 0.182 e. The fourth-order valence-corrected chi connectivity index (χ4v) is 1.01. The van der Waals surface area contributed by atoms with Crippen molar-refractivity contribution in [3.05, 3.63) is 24.3 Å². The number of thiocarbonyl (C=S) groups is 1. The molecule has 0 bridgehead atoms. The number of hydrogen-bond acceptors (Lipinski definition) is 3. The van der Waals surface area contributed by atoms with E-state index in [1.165, 1.54) is 0 Å². The van der Waals surface area contributed by atoms with Crippen molar-refractivity contribution in [3.63, 3.8) is 0 Å². The van der Waals surface area contributed by atoms with Crippen molar-refractivity contribution in [2.75, 3.05) is 12.4 Å². The molecule has 0 atom stereocenters. The molecule has 13 heavy (non-hydrogen) atoms. The molecule has 3 nitrogen and oxygen atoms in total. The fourth-order valence-electron chi connectivity index (χ4n) is 0.898. The molecular formula is C9H8N2OS. The summed E-state index contributed by atoms with van der Waals surface area (Å²) in [7, 11) is 1.57. The number of para-hydroxylation sites is 2. The van der Waals surface area contributed by atoms with Gasteiger partial charge in [-0.2, -0.15) is 5.26 Å². The van der Waals surface area contributed by atoms with Crippen LogP contribution in [0.4, 0.5) is 5.69 Å². The molecule has 1 aromatic carbocycles. The van der Waals surface area contributed by atoms with Gasteiger partial charge >= 0.3 is 0 Å². The normalized spacial score (nSPS) is 8.62. The highest BCUT2D eigenvalue weighted by atomic mass is 32.1. The molecular weight excluding hydrogens is 184 g/mol. The minimum atomic E-state index is 0.129. The van der Waals surface area contributed by atoms with E-state index in [2.05, 4.69) is 5.32 Å². The standard InChI is InChI=1S/C9H8N2OS/c1-12-8-5-3-2-4-7(8)11-9(13)6-10/h2-5H,1H3,(H,11,13). The molecule has 0 aromatic heterocycles. The number of hydrogen-bond donors (Lipinski definition) is 1. The largest absolute Gasteiger partial charge is 0.495 e. The molecule has 0 aliphatic carbocycles. The van der Waals surface area contributed by atoms with Crippen LogP contribution in [0.15, 0.2) is 24.3 Å². The summed E-state index contributed by atoms with van der Waals surface area (Å²) in [5.74, 6) is 0.667. The minimum absolute atomic E-state index is 0.129. The van der Waals surface area contributed by atoms with Crippen molar-refractivity contribution >= 4 is 22.9 Å². The Kier molecular flexibility index (Phi) is 3.23. The zero-order chi connectivity index (χ0) is 9.68. The van der Waals surface area contributed by atoms with Gasteiger partial charge in [0.15, 0.2) is 4.99 Å². The van der Waals surface area contributed by atoms with Crippen molar-refractivity contribution in [1.82, 2.24) is 0 Å². The van der Waals surface area contributed by atoms with Crippen LogP contribution in [0.25, 0.3) is 0 Å². The van der Waals surface area contributed by atoms with Crippen molar-refractivity contribution < 1.29 is 4.74 Å². The lowest BCUT2D eigenvalue weighted by molar-refractivity contribution is 0.417. The lowest BCUT2D eigenvalue weighted by Crippen LogP contribution is -2.06. The molecule has 0 fully saturated rings. The van der Waals surface area contributed by atoms with E-state index in [9.17, 15) is 0 Å². The molecule has 1 rings (SSSR count). The van der Waals surface area contributed by atoms with Gasteiger partial charge in [-0.15, -0.1) is 0 Å². The third-order valence-electron chi connectivity index (χ3n) is 1.46. The van der Waals surface area contributed by atoms with Gasteiger partial charge in [0.1, 0.15) is 11.8 Å². The minimum Gasteiger partial charge on any atom is -0.495 e. The molecule has 0 amide bonds. The lowest BCUT2D eigenvalue weighted by Gasteiger charge is -2.07. The first-order valence-electron chi connectivity index (χ1n) is 3.62. The van der Waals surface area contributed by atoms with Gasteiger partial charge in [0.05, 0.1) is 12.8 Å². The fraction of sp³-hybridized carbons (Fsp3) is 0.111. The highest BCUT2D eigenvalue weighted by Crippen LogP contribution is 2.22. The number of ether oxygens (including phenoxy) is 1. The van der Waals surface area contributed by atoms with Gasteiger partial charge in [-0.25, -0.2) is 0 Å². The van der Waals surface area contributed by atoms with Crippen molar-refractivity contribution in [3.8, 4) is 11.8 Å². The number of rotatable bonds is 2. The van der Waals surface area contributed by atoms with E-state index in [-0.39, 0.29) is 4.99 Å². The van der Waals surface area contributed by atoms with Crippen molar-refractivity contribution in [2.45, 2.75) is 0 Å². The Hall–Kier alpha value is -1.60. The molecule has 0 heterocycles. The van der Waals surface area contributed by atoms with Crippen LogP contribution >= 0.6 is 12.2 Å². The third-order valence-corrected chi connectivity index (χ3v) is 1.65. The SMILES string of the molecule is COc1ccccc1NC(=S)C#N. The van der Waals surface area contributed by atoms with E-state index in [1.54, 1.807) is 19.2 Å². The van der Waals surface area contributed by atoms with Crippen LogP contribution in [0.1, 0.15) is 0 Å². The van der Waals surface area contributed by atoms with Crippen molar-refractivity contribution in [2.24, 2.45) is 0 Å². The van der Waals surface area contributed by atoms with Gasteiger partial charge in [0.25, 0.3) is 0 Å². The molecule has 0 spiro atoms. The van der Waals surface area contributed by atoms with Gasteiger partial charge in [-0.3, -0.25) is 0 Å². The van der Waals surface area contributed by atoms with Gasteiger partial charge in [0.2, 0.25) is 0 Å². The van der Waals surface area contributed by atoms with E-state index >= 15 is 0 Å². The number of nitrogens with zero attached hydrogens (tertiary/aromatic N) is 1. The number of nitrogens with one attached hydrogen (secondary N) is 1. The van der Waals surface area contributed by atoms with E-state index in [0.29, 0.717) is 11.4 Å². The predicted octanol–water partition coefficient (Wildman–Crippen LogP) is 1.96. The first-order valence-corrected chi connectivity index (χ1v) is 4.03. The Morgan fingerprint density at radius 1 is 1.54 bits per heavy atom. The first-order chi connectivity index (χ1) is 6.27. The van der Waals surface area contributed by atoms with Gasteiger partial charge in [-0.05, 0) is 24.4 Å².